The summed E-state index contributed by atoms with van der Waals surface area (Å²) in [7, 11) is 0. The molecule has 1 aromatic carbocycles. The van der Waals surface area contributed by atoms with Gasteiger partial charge in [0, 0.05) is 12.0 Å². The predicted octanol–water partition coefficient (Wildman–Crippen LogP) is 2.52. The maximum absolute atomic E-state index is 5.70. The van der Waals surface area contributed by atoms with E-state index in [-0.39, 0.29) is 5.95 Å². The van der Waals surface area contributed by atoms with Crippen molar-refractivity contribution in [1.82, 2.24) is 20.3 Å². The van der Waals surface area contributed by atoms with Crippen LogP contribution in [-0.4, -0.2) is 21.0 Å². The van der Waals surface area contributed by atoms with Crippen LogP contribution in [0, 0.1) is 19.8 Å². The van der Waals surface area contributed by atoms with Crippen molar-refractivity contribution in [3.63, 3.8) is 0 Å². The van der Waals surface area contributed by atoms with Gasteiger partial charge < -0.3 is 11.1 Å². The van der Waals surface area contributed by atoms with E-state index in [9.17, 15) is 0 Å². The topological polar surface area (TPSA) is 76.7 Å². The predicted molar refractivity (Wildman–Crippen MR) is 92.1 cm³/mol. The Morgan fingerprint density at radius 3 is 2.78 bits per heavy atom. The lowest BCUT2D eigenvalue weighted by Crippen LogP contribution is -2.34. The fourth-order valence-electron chi connectivity index (χ4n) is 3.77. The Morgan fingerprint density at radius 2 is 2.04 bits per heavy atom. The summed E-state index contributed by atoms with van der Waals surface area (Å²) in [5.41, 5.74) is 10.0. The molecule has 1 aliphatic rings. The van der Waals surface area contributed by atoms with E-state index in [1.165, 1.54) is 16.7 Å². The normalized spacial score (nSPS) is 21.2. The van der Waals surface area contributed by atoms with Crippen LogP contribution in [0.2, 0.25) is 0 Å². The first-order chi connectivity index (χ1) is 10.9. The molecule has 1 heterocycles. The summed E-state index contributed by atoms with van der Waals surface area (Å²) < 4.78 is 0. The molecule has 0 saturated heterocycles. The van der Waals surface area contributed by atoms with Gasteiger partial charge in [0.2, 0.25) is 5.95 Å². The molecule has 0 fully saturated rings. The first kappa shape index (κ1) is 15.9. The van der Waals surface area contributed by atoms with E-state index < -0.39 is 0 Å². The Kier molecular flexibility index (Phi) is 4.31. The van der Waals surface area contributed by atoms with E-state index in [2.05, 4.69) is 59.2 Å². The molecule has 0 spiro atoms. The molecular weight excluding hydrogens is 286 g/mol. The van der Waals surface area contributed by atoms with Crippen molar-refractivity contribution in [1.29, 1.82) is 0 Å². The molecule has 5 nitrogen and oxygen atoms in total. The van der Waals surface area contributed by atoms with E-state index in [1.807, 2.05) is 6.92 Å². The van der Waals surface area contributed by atoms with Gasteiger partial charge in [-0.25, -0.2) is 4.98 Å². The number of hydrogen-bond donors (Lipinski definition) is 2. The largest absolute Gasteiger partial charge is 0.368 e. The fourth-order valence-corrected chi connectivity index (χ4v) is 3.77. The van der Waals surface area contributed by atoms with E-state index in [4.69, 9.17) is 5.73 Å². The van der Waals surface area contributed by atoms with Gasteiger partial charge in [0.05, 0.1) is 6.54 Å². The van der Waals surface area contributed by atoms with E-state index >= 15 is 0 Å². The Bertz CT molecular complexity index is 692. The van der Waals surface area contributed by atoms with Crippen molar-refractivity contribution in [2.75, 3.05) is 5.73 Å². The van der Waals surface area contributed by atoms with Gasteiger partial charge in [-0.1, -0.05) is 30.7 Å². The lowest BCUT2D eigenvalue weighted by Gasteiger charge is -2.25. The van der Waals surface area contributed by atoms with Gasteiger partial charge in [0.15, 0.2) is 0 Å². The second kappa shape index (κ2) is 6.24. The summed E-state index contributed by atoms with van der Waals surface area (Å²) in [6, 6.07) is 7.19. The Balaban J connectivity index is 1.73. The van der Waals surface area contributed by atoms with Crippen molar-refractivity contribution >= 4 is 5.95 Å². The number of nitrogens with one attached hydrogen (secondary N) is 1. The quantitative estimate of drug-likeness (QED) is 0.907. The van der Waals surface area contributed by atoms with Crippen LogP contribution in [0.5, 0.6) is 0 Å². The number of nitrogens with zero attached hydrogens (tertiary/aromatic N) is 3. The van der Waals surface area contributed by atoms with Gasteiger partial charge in [0.25, 0.3) is 0 Å². The number of aromatic nitrogens is 3. The molecule has 5 heteroatoms. The number of aryl methyl sites for hydroxylation is 2. The number of nitrogen functional groups attached to an aromatic ring is 1. The molecule has 3 unspecified atom stereocenters. The molecule has 3 rings (SSSR count). The highest BCUT2D eigenvalue weighted by atomic mass is 15.1. The van der Waals surface area contributed by atoms with Crippen LogP contribution >= 0.6 is 0 Å². The minimum atomic E-state index is 0.289. The number of benzene rings is 1. The van der Waals surface area contributed by atoms with Crippen molar-refractivity contribution < 1.29 is 0 Å². The summed E-state index contributed by atoms with van der Waals surface area (Å²) >= 11 is 0. The van der Waals surface area contributed by atoms with Crippen molar-refractivity contribution in [3.8, 4) is 0 Å². The lowest BCUT2D eigenvalue weighted by molar-refractivity contribution is 0.377. The van der Waals surface area contributed by atoms with Gasteiger partial charge in [-0.15, -0.1) is 0 Å². The molecule has 0 aliphatic heterocycles. The van der Waals surface area contributed by atoms with Gasteiger partial charge >= 0.3 is 0 Å². The first-order valence-corrected chi connectivity index (χ1v) is 8.24. The summed E-state index contributed by atoms with van der Waals surface area (Å²) in [4.78, 5) is 12.6. The second-order valence-electron chi connectivity index (χ2n) is 6.74. The van der Waals surface area contributed by atoms with Gasteiger partial charge in [0.1, 0.15) is 11.6 Å². The molecule has 23 heavy (non-hydrogen) atoms. The third kappa shape index (κ3) is 3.34. The van der Waals surface area contributed by atoms with E-state index in [1.54, 1.807) is 0 Å². The Hall–Kier alpha value is -2.01. The molecule has 3 atom stereocenters. The second-order valence-corrected chi connectivity index (χ2v) is 6.74. The summed E-state index contributed by atoms with van der Waals surface area (Å²) in [5.74, 6) is 2.82. The minimum absolute atomic E-state index is 0.289. The highest BCUT2D eigenvalue weighted by molar-refractivity contribution is 5.40. The third-order valence-corrected chi connectivity index (χ3v) is 4.75. The highest BCUT2D eigenvalue weighted by Crippen LogP contribution is 2.40. The molecule has 3 N–H and O–H groups in total. The highest BCUT2D eigenvalue weighted by Gasteiger charge is 2.33. The summed E-state index contributed by atoms with van der Waals surface area (Å²) in [6.45, 7) is 9.19. The van der Waals surface area contributed by atoms with Crippen molar-refractivity contribution in [2.45, 2.75) is 52.6 Å². The van der Waals surface area contributed by atoms with Crippen LogP contribution in [0.4, 0.5) is 5.95 Å². The number of rotatable bonds is 4. The van der Waals surface area contributed by atoms with Gasteiger partial charge in [-0.3, -0.25) is 0 Å². The van der Waals surface area contributed by atoms with Crippen LogP contribution in [0.25, 0.3) is 0 Å². The van der Waals surface area contributed by atoms with E-state index in [0.29, 0.717) is 36.1 Å². The van der Waals surface area contributed by atoms with Crippen LogP contribution in [0.15, 0.2) is 18.2 Å². The molecule has 2 aromatic rings. The standard InChI is InChI=1S/C18H25N5/c1-10-5-6-14-8-11(2)17(15(14)7-10)12(3)20-9-16-21-13(4)22-18(19)23-16/h5-7,11-12,17,20H,8-9H2,1-4H3,(H2,19,21,22,23). The summed E-state index contributed by atoms with van der Waals surface area (Å²) in [5, 5.41) is 3.58. The lowest BCUT2D eigenvalue weighted by atomic mass is 9.87. The molecule has 1 aromatic heterocycles. The Morgan fingerprint density at radius 1 is 1.26 bits per heavy atom. The number of nitrogens with two attached hydrogens (primary N) is 1. The summed E-state index contributed by atoms with van der Waals surface area (Å²) in [6.07, 6.45) is 1.16. The molecule has 1 aliphatic carbocycles. The smallest absolute Gasteiger partial charge is 0.223 e. The maximum Gasteiger partial charge on any atom is 0.223 e. The fraction of sp³-hybridized carbons (Fsp3) is 0.500. The van der Waals surface area contributed by atoms with E-state index in [0.717, 1.165) is 6.42 Å². The van der Waals surface area contributed by atoms with Gasteiger partial charge in [-0.05, 0) is 44.2 Å². The molecule has 0 bridgehead atoms. The zero-order valence-corrected chi connectivity index (χ0v) is 14.3. The van der Waals surface area contributed by atoms with Crippen LogP contribution in [0.3, 0.4) is 0 Å². The van der Waals surface area contributed by atoms with Gasteiger partial charge in [-0.2, -0.15) is 9.97 Å². The van der Waals surface area contributed by atoms with Crippen LogP contribution < -0.4 is 11.1 Å². The minimum Gasteiger partial charge on any atom is -0.368 e. The van der Waals surface area contributed by atoms with Crippen molar-refractivity contribution in [3.05, 3.63) is 46.5 Å². The Labute approximate surface area is 137 Å². The molecule has 0 radical (unpaired) electrons. The zero-order valence-electron chi connectivity index (χ0n) is 14.3. The molecule has 122 valence electrons. The number of fused-ring (bicyclic) bond motifs is 1. The SMILES string of the molecule is Cc1ccc2c(c1)C(C(C)NCc1nc(C)nc(N)n1)C(C)C2. The number of anilines is 1. The first-order valence-electron chi connectivity index (χ1n) is 8.24. The third-order valence-electron chi connectivity index (χ3n) is 4.75. The van der Waals surface area contributed by atoms with Crippen LogP contribution in [0.1, 0.15) is 48.1 Å². The average molecular weight is 311 g/mol. The molecular formula is C18H25N5. The molecule has 0 saturated carbocycles. The van der Waals surface area contributed by atoms with Crippen LogP contribution in [-0.2, 0) is 13.0 Å². The average Bonchev–Trinajstić information content (AvgIpc) is 2.79. The monoisotopic (exact) mass is 311 g/mol. The van der Waals surface area contributed by atoms with Crippen molar-refractivity contribution in [2.24, 2.45) is 5.92 Å². The molecule has 0 amide bonds. The number of hydrogen-bond acceptors (Lipinski definition) is 5. The maximum atomic E-state index is 5.70. The zero-order chi connectivity index (χ0) is 16.6.